The number of rotatable bonds is 3. The van der Waals surface area contributed by atoms with E-state index in [0.29, 0.717) is 6.61 Å². The molecule has 2 nitrogen and oxygen atoms in total. The summed E-state index contributed by atoms with van der Waals surface area (Å²) < 4.78 is 5.23. The molecule has 1 aliphatic heterocycles. The Bertz CT molecular complexity index is 79.3. The van der Waals surface area contributed by atoms with Gasteiger partial charge in [0.2, 0.25) is 0 Å². The van der Waals surface area contributed by atoms with Crippen LogP contribution in [0.5, 0.6) is 0 Å². The van der Waals surface area contributed by atoms with Crippen LogP contribution in [0.4, 0.5) is 0 Å². The second-order valence-electron chi connectivity index (χ2n) is 2.77. The lowest BCUT2D eigenvalue weighted by molar-refractivity contribution is 0.108. The van der Waals surface area contributed by atoms with Crippen LogP contribution in [-0.2, 0) is 4.74 Å². The third-order valence-corrected chi connectivity index (χ3v) is 1.96. The molecule has 0 amide bonds. The van der Waals surface area contributed by atoms with Gasteiger partial charge in [-0.15, -0.1) is 0 Å². The lowest BCUT2D eigenvalue weighted by Crippen LogP contribution is -2.29. The van der Waals surface area contributed by atoms with Gasteiger partial charge in [0.05, 0.1) is 0 Å². The molecule has 1 aliphatic rings. The SMILES string of the molecule is [CH2]COCC1CCNCC1. The molecule has 1 radical (unpaired) electrons. The van der Waals surface area contributed by atoms with Crippen molar-refractivity contribution in [1.82, 2.24) is 5.32 Å². The number of piperidine rings is 1. The van der Waals surface area contributed by atoms with Crippen molar-refractivity contribution in [3.8, 4) is 0 Å². The molecule has 1 N–H and O–H groups in total. The number of nitrogens with one attached hydrogen (secondary N) is 1. The molecule has 0 saturated carbocycles. The predicted octanol–water partition coefficient (Wildman–Crippen LogP) is 0.837. The van der Waals surface area contributed by atoms with Gasteiger partial charge in [0.25, 0.3) is 0 Å². The van der Waals surface area contributed by atoms with E-state index in [9.17, 15) is 0 Å². The predicted molar refractivity (Wildman–Crippen MR) is 41.8 cm³/mol. The van der Waals surface area contributed by atoms with E-state index < -0.39 is 0 Å². The Kier molecular flexibility index (Phi) is 3.76. The van der Waals surface area contributed by atoms with Crippen LogP contribution in [0.3, 0.4) is 0 Å². The number of ether oxygens (including phenoxy) is 1. The van der Waals surface area contributed by atoms with E-state index in [1.807, 2.05) is 0 Å². The van der Waals surface area contributed by atoms with Gasteiger partial charge < -0.3 is 10.1 Å². The van der Waals surface area contributed by atoms with Crippen molar-refractivity contribution >= 4 is 0 Å². The van der Waals surface area contributed by atoms with E-state index in [0.717, 1.165) is 25.6 Å². The third-order valence-electron chi connectivity index (χ3n) is 1.96. The Balaban J connectivity index is 2.02. The lowest BCUT2D eigenvalue weighted by Gasteiger charge is -2.21. The van der Waals surface area contributed by atoms with Gasteiger partial charge in [-0.2, -0.15) is 0 Å². The van der Waals surface area contributed by atoms with Gasteiger partial charge in [-0.1, -0.05) is 0 Å². The molecule has 1 rings (SSSR count). The molecule has 59 valence electrons. The summed E-state index contributed by atoms with van der Waals surface area (Å²) in [5, 5.41) is 3.32. The summed E-state index contributed by atoms with van der Waals surface area (Å²) in [6.07, 6.45) is 2.53. The quantitative estimate of drug-likeness (QED) is 0.630. The van der Waals surface area contributed by atoms with Gasteiger partial charge in [0.1, 0.15) is 0 Å². The van der Waals surface area contributed by atoms with Crippen molar-refractivity contribution in [2.45, 2.75) is 12.8 Å². The zero-order valence-corrected chi connectivity index (χ0v) is 6.44. The maximum atomic E-state index is 5.23. The van der Waals surface area contributed by atoms with Crippen LogP contribution in [0, 0.1) is 12.8 Å². The summed E-state index contributed by atoms with van der Waals surface area (Å²) in [5.41, 5.74) is 0. The van der Waals surface area contributed by atoms with E-state index >= 15 is 0 Å². The minimum absolute atomic E-state index is 0.615. The van der Waals surface area contributed by atoms with Crippen LogP contribution in [0.25, 0.3) is 0 Å². The van der Waals surface area contributed by atoms with Gasteiger partial charge in [-0.3, -0.25) is 0 Å². The Morgan fingerprint density at radius 3 is 2.70 bits per heavy atom. The zero-order valence-electron chi connectivity index (χ0n) is 6.44. The second-order valence-corrected chi connectivity index (χ2v) is 2.77. The largest absolute Gasteiger partial charge is 0.381 e. The number of hydrogen-bond donors (Lipinski definition) is 1. The third kappa shape index (κ3) is 2.67. The average Bonchev–Trinajstić information content (AvgIpc) is 2.03. The molecule has 0 spiro atoms. The molecule has 1 saturated heterocycles. The Morgan fingerprint density at radius 1 is 1.40 bits per heavy atom. The molecule has 0 aromatic rings. The number of hydrogen-bond acceptors (Lipinski definition) is 2. The Labute approximate surface area is 63.0 Å². The first kappa shape index (κ1) is 8.02. The van der Waals surface area contributed by atoms with Gasteiger partial charge >= 0.3 is 0 Å². The van der Waals surface area contributed by atoms with Crippen molar-refractivity contribution in [2.75, 3.05) is 26.3 Å². The molecule has 10 heavy (non-hydrogen) atoms. The smallest absolute Gasteiger partial charge is 0.0495 e. The minimum Gasteiger partial charge on any atom is -0.381 e. The molecule has 2 heteroatoms. The monoisotopic (exact) mass is 142 g/mol. The van der Waals surface area contributed by atoms with Crippen LogP contribution in [0.15, 0.2) is 0 Å². The highest BCUT2D eigenvalue weighted by Crippen LogP contribution is 2.10. The summed E-state index contributed by atoms with van der Waals surface area (Å²) in [6, 6.07) is 0. The van der Waals surface area contributed by atoms with Crippen LogP contribution >= 0.6 is 0 Å². The van der Waals surface area contributed by atoms with Crippen molar-refractivity contribution in [1.29, 1.82) is 0 Å². The molecule has 0 aromatic carbocycles. The highest BCUT2D eigenvalue weighted by molar-refractivity contribution is 4.67. The van der Waals surface area contributed by atoms with Gasteiger partial charge in [-0.25, -0.2) is 0 Å². The Hall–Kier alpha value is -0.0800. The molecule has 1 fully saturated rings. The summed E-state index contributed by atoms with van der Waals surface area (Å²) in [5.74, 6) is 0.781. The fraction of sp³-hybridized carbons (Fsp3) is 0.875. The van der Waals surface area contributed by atoms with Crippen LogP contribution in [0.1, 0.15) is 12.8 Å². The topological polar surface area (TPSA) is 21.3 Å². The lowest BCUT2D eigenvalue weighted by atomic mass is 9.99. The van der Waals surface area contributed by atoms with Crippen LogP contribution < -0.4 is 5.32 Å². The molecule has 0 bridgehead atoms. The van der Waals surface area contributed by atoms with E-state index in [2.05, 4.69) is 12.2 Å². The van der Waals surface area contributed by atoms with Gasteiger partial charge in [0.15, 0.2) is 0 Å². The highest BCUT2D eigenvalue weighted by Gasteiger charge is 2.11. The molecular weight excluding hydrogens is 126 g/mol. The van der Waals surface area contributed by atoms with Crippen molar-refractivity contribution < 1.29 is 4.74 Å². The van der Waals surface area contributed by atoms with Gasteiger partial charge in [-0.05, 0) is 38.8 Å². The molecule has 0 atom stereocenters. The minimum atomic E-state index is 0.615. The molecule has 0 aliphatic carbocycles. The van der Waals surface area contributed by atoms with Crippen molar-refractivity contribution in [3.05, 3.63) is 6.92 Å². The molecule has 1 heterocycles. The van der Waals surface area contributed by atoms with E-state index in [1.165, 1.54) is 12.8 Å². The first-order valence-electron chi connectivity index (χ1n) is 4.01. The van der Waals surface area contributed by atoms with Crippen LogP contribution in [0.2, 0.25) is 0 Å². The van der Waals surface area contributed by atoms with Gasteiger partial charge in [0, 0.05) is 13.2 Å². The maximum absolute atomic E-state index is 5.23. The second kappa shape index (κ2) is 4.69. The molecular formula is C8H16NO. The fourth-order valence-corrected chi connectivity index (χ4v) is 1.30. The first-order valence-corrected chi connectivity index (χ1v) is 4.01. The fourth-order valence-electron chi connectivity index (χ4n) is 1.30. The molecule has 0 aromatic heterocycles. The summed E-state index contributed by atoms with van der Waals surface area (Å²) >= 11 is 0. The normalized spacial score (nSPS) is 21.3. The standard InChI is InChI=1S/C8H16NO/c1-2-10-7-8-3-5-9-6-4-8/h8-9H,1-7H2. The van der Waals surface area contributed by atoms with Crippen LogP contribution in [-0.4, -0.2) is 26.3 Å². The van der Waals surface area contributed by atoms with Crippen molar-refractivity contribution in [2.24, 2.45) is 5.92 Å². The summed E-state index contributed by atoms with van der Waals surface area (Å²) in [4.78, 5) is 0. The summed E-state index contributed by atoms with van der Waals surface area (Å²) in [7, 11) is 0. The van der Waals surface area contributed by atoms with E-state index in [4.69, 9.17) is 4.74 Å². The van der Waals surface area contributed by atoms with E-state index in [-0.39, 0.29) is 0 Å². The van der Waals surface area contributed by atoms with E-state index in [1.54, 1.807) is 0 Å². The highest BCUT2D eigenvalue weighted by atomic mass is 16.5. The Morgan fingerprint density at radius 2 is 2.10 bits per heavy atom. The maximum Gasteiger partial charge on any atom is 0.0495 e. The summed E-state index contributed by atoms with van der Waals surface area (Å²) in [6.45, 7) is 7.47. The molecule has 0 unspecified atom stereocenters. The first-order chi connectivity index (χ1) is 4.93. The zero-order chi connectivity index (χ0) is 7.23. The average molecular weight is 142 g/mol. The van der Waals surface area contributed by atoms with Crippen molar-refractivity contribution in [3.63, 3.8) is 0 Å².